The van der Waals surface area contributed by atoms with Gasteiger partial charge in [-0.05, 0) is 88.0 Å². The van der Waals surface area contributed by atoms with E-state index in [4.69, 9.17) is 0 Å². The van der Waals surface area contributed by atoms with Crippen LogP contribution in [0.4, 0.5) is 0 Å². The van der Waals surface area contributed by atoms with Crippen molar-refractivity contribution in [2.24, 2.45) is 0 Å². The molecule has 39 heavy (non-hydrogen) atoms. The van der Waals surface area contributed by atoms with E-state index in [2.05, 4.69) is 106 Å². The molecule has 7 aromatic rings. The molecule has 3 heterocycles. The van der Waals surface area contributed by atoms with E-state index < -0.39 is 0 Å². The van der Waals surface area contributed by atoms with Gasteiger partial charge in [-0.15, -0.1) is 0 Å². The lowest BCUT2D eigenvalue weighted by atomic mass is 9.93. The SMILES string of the molecule is c1cn(-c2ccc(-c3cc(-c4ccc(-n5ccnc5)cc4)cc(-c4ccc(-n5ccnc5)cc4)c3)cc2)cn1. The van der Waals surface area contributed by atoms with Gasteiger partial charge >= 0.3 is 0 Å². The van der Waals surface area contributed by atoms with Crippen molar-refractivity contribution in [3.05, 3.63) is 147 Å². The third kappa shape index (κ3) is 4.55. The zero-order valence-corrected chi connectivity index (χ0v) is 21.0. The molecule has 0 aliphatic heterocycles. The molecule has 0 fully saturated rings. The lowest BCUT2D eigenvalue weighted by molar-refractivity contribution is 1.06. The summed E-state index contributed by atoms with van der Waals surface area (Å²) in [6.45, 7) is 0. The van der Waals surface area contributed by atoms with Crippen LogP contribution in [0, 0.1) is 0 Å². The molecular weight excluding hydrogens is 480 g/mol. The van der Waals surface area contributed by atoms with E-state index >= 15 is 0 Å². The highest BCUT2D eigenvalue weighted by atomic mass is 15.0. The molecule has 6 heteroatoms. The van der Waals surface area contributed by atoms with Crippen molar-refractivity contribution in [2.75, 3.05) is 0 Å². The smallest absolute Gasteiger partial charge is 0.0991 e. The number of aromatic nitrogens is 6. The fourth-order valence-electron chi connectivity index (χ4n) is 4.84. The fourth-order valence-corrected chi connectivity index (χ4v) is 4.84. The van der Waals surface area contributed by atoms with E-state index in [1.54, 1.807) is 18.6 Å². The molecule has 0 saturated carbocycles. The van der Waals surface area contributed by atoms with Crippen LogP contribution < -0.4 is 0 Å². The minimum Gasteiger partial charge on any atom is -0.306 e. The minimum absolute atomic E-state index is 1.08. The number of hydrogen-bond acceptors (Lipinski definition) is 3. The number of imidazole rings is 3. The van der Waals surface area contributed by atoms with Crippen LogP contribution >= 0.6 is 0 Å². The monoisotopic (exact) mass is 504 g/mol. The van der Waals surface area contributed by atoms with Crippen LogP contribution in [-0.4, -0.2) is 28.7 Å². The first-order valence-corrected chi connectivity index (χ1v) is 12.7. The third-order valence-corrected chi connectivity index (χ3v) is 6.94. The molecule has 0 aliphatic carbocycles. The maximum Gasteiger partial charge on any atom is 0.0991 e. The molecular formula is C33H24N6. The highest BCUT2D eigenvalue weighted by Crippen LogP contribution is 2.34. The molecule has 6 nitrogen and oxygen atoms in total. The first kappa shape index (κ1) is 22.7. The van der Waals surface area contributed by atoms with Gasteiger partial charge in [-0.2, -0.15) is 0 Å². The van der Waals surface area contributed by atoms with Crippen LogP contribution in [0.2, 0.25) is 0 Å². The molecule has 3 aromatic heterocycles. The van der Waals surface area contributed by atoms with Crippen LogP contribution in [0.15, 0.2) is 147 Å². The Labute approximate surface area is 226 Å². The number of rotatable bonds is 6. The lowest BCUT2D eigenvalue weighted by Gasteiger charge is -2.13. The van der Waals surface area contributed by atoms with Crippen LogP contribution in [-0.2, 0) is 0 Å². The average molecular weight is 505 g/mol. The highest BCUT2D eigenvalue weighted by Gasteiger charge is 2.09. The Morgan fingerprint density at radius 2 is 0.615 bits per heavy atom. The molecule has 186 valence electrons. The quantitative estimate of drug-likeness (QED) is 0.240. The maximum absolute atomic E-state index is 4.17. The van der Waals surface area contributed by atoms with Gasteiger partial charge in [0.1, 0.15) is 0 Å². The molecule has 0 bridgehead atoms. The van der Waals surface area contributed by atoms with Gasteiger partial charge in [0.25, 0.3) is 0 Å². The topological polar surface area (TPSA) is 53.5 Å². The van der Waals surface area contributed by atoms with Crippen LogP contribution in [0.3, 0.4) is 0 Å². The number of benzene rings is 4. The van der Waals surface area contributed by atoms with Gasteiger partial charge in [-0.1, -0.05) is 36.4 Å². The van der Waals surface area contributed by atoms with Crippen molar-refractivity contribution in [3.63, 3.8) is 0 Å². The van der Waals surface area contributed by atoms with Gasteiger partial charge in [0, 0.05) is 54.2 Å². The normalized spacial score (nSPS) is 11.1. The van der Waals surface area contributed by atoms with E-state index in [0.29, 0.717) is 0 Å². The van der Waals surface area contributed by atoms with E-state index in [-0.39, 0.29) is 0 Å². The zero-order valence-electron chi connectivity index (χ0n) is 21.0. The third-order valence-electron chi connectivity index (χ3n) is 6.94. The second-order valence-corrected chi connectivity index (χ2v) is 9.35. The van der Waals surface area contributed by atoms with Gasteiger partial charge < -0.3 is 13.7 Å². The Kier molecular flexibility index (Phi) is 5.68. The summed E-state index contributed by atoms with van der Waals surface area (Å²) in [6.07, 6.45) is 16.7. The van der Waals surface area contributed by atoms with E-state index in [1.165, 1.54) is 0 Å². The van der Waals surface area contributed by atoms with E-state index in [9.17, 15) is 0 Å². The molecule has 0 unspecified atom stereocenters. The summed E-state index contributed by atoms with van der Waals surface area (Å²) in [5.74, 6) is 0. The summed E-state index contributed by atoms with van der Waals surface area (Å²) in [7, 11) is 0. The van der Waals surface area contributed by atoms with Gasteiger partial charge in [-0.25, -0.2) is 15.0 Å². The molecule has 0 spiro atoms. The summed E-state index contributed by atoms with van der Waals surface area (Å²) < 4.78 is 6.03. The van der Waals surface area contributed by atoms with Crippen molar-refractivity contribution < 1.29 is 0 Å². The zero-order chi connectivity index (χ0) is 26.0. The van der Waals surface area contributed by atoms with Crippen LogP contribution in [0.25, 0.3) is 50.4 Å². The van der Waals surface area contributed by atoms with Gasteiger partial charge in [0.2, 0.25) is 0 Å². The van der Waals surface area contributed by atoms with Gasteiger partial charge in [0.15, 0.2) is 0 Å². The first-order chi connectivity index (χ1) is 19.3. The second-order valence-electron chi connectivity index (χ2n) is 9.35. The Morgan fingerprint density at radius 1 is 0.333 bits per heavy atom. The number of hydrogen-bond donors (Lipinski definition) is 0. The van der Waals surface area contributed by atoms with Crippen molar-refractivity contribution in [1.82, 2.24) is 28.7 Å². The van der Waals surface area contributed by atoms with Crippen molar-refractivity contribution in [1.29, 1.82) is 0 Å². The Morgan fingerprint density at radius 3 is 0.846 bits per heavy atom. The molecule has 0 amide bonds. The van der Waals surface area contributed by atoms with Crippen LogP contribution in [0.5, 0.6) is 0 Å². The molecule has 0 aliphatic rings. The lowest BCUT2D eigenvalue weighted by Crippen LogP contribution is -1.92. The van der Waals surface area contributed by atoms with Gasteiger partial charge in [-0.3, -0.25) is 0 Å². The first-order valence-electron chi connectivity index (χ1n) is 12.7. The van der Waals surface area contributed by atoms with Gasteiger partial charge in [0.05, 0.1) is 19.0 Å². The van der Waals surface area contributed by atoms with Crippen molar-refractivity contribution in [3.8, 4) is 50.4 Å². The Hall–Kier alpha value is -5.49. The molecule has 7 rings (SSSR count). The Balaban J connectivity index is 1.30. The van der Waals surface area contributed by atoms with Crippen molar-refractivity contribution >= 4 is 0 Å². The van der Waals surface area contributed by atoms with E-state index in [1.807, 2.05) is 51.3 Å². The summed E-state index contributed by atoms with van der Waals surface area (Å²) in [4.78, 5) is 12.5. The predicted octanol–water partition coefficient (Wildman–Crippen LogP) is 7.24. The summed E-state index contributed by atoms with van der Waals surface area (Å²) >= 11 is 0. The summed E-state index contributed by atoms with van der Waals surface area (Å²) in [5, 5.41) is 0. The summed E-state index contributed by atoms with van der Waals surface area (Å²) in [5.41, 5.74) is 10.2. The standard InChI is InChI=1S/C33H24N6/c1-7-31(37-16-13-34-22-37)8-2-25(1)28-19-29(26-3-9-32(10-4-26)38-17-14-35-23-38)21-30(20-28)27-5-11-33(12-6-27)39-18-15-36-24-39/h1-24H. The highest BCUT2D eigenvalue weighted by molar-refractivity contribution is 5.81. The second kappa shape index (κ2) is 9.76. The number of nitrogens with zero attached hydrogens (tertiary/aromatic N) is 6. The minimum atomic E-state index is 1.08. The molecule has 0 saturated heterocycles. The average Bonchev–Trinajstić information content (AvgIpc) is 3.82. The van der Waals surface area contributed by atoms with E-state index in [0.717, 1.165) is 50.4 Å². The van der Waals surface area contributed by atoms with Crippen molar-refractivity contribution in [2.45, 2.75) is 0 Å². The molecule has 4 aromatic carbocycles. The molecule has 0 radical (unpaired) electrons. The molecule has 0 atom stereocenters. The summed E-state index contributed by atoms with van der Waals surface area (Å²) in [6, 6.07) is 32.6. The van der Waals surface area contributed by atoms with Crippen LogP contribution in [0.1, 0.15) is 0 Å². The predicted molar refractivity (Wildman–Crippen MR) is 154 cm³/mol. The largest absolute Gasteiger partial charge is 0.306 e. The fraction of sp³-hybridized carbons (Fsp3) is 0. The maximum atomic E-state index is 4.17. The Bertz CT molecular complexity index is 1570. The molecule has 0 N–H and O–H groups in total.